The molecule has 1 aromatic heterocycles. The topological polar surface area (TPSA) is 104 Å². The van der Waals surface area contributed by atoms with Crippen LogP contribution >= 0.6 is 0 Å². The minimum atomic E-state index is -4.94. The molecule has 3 aromatic carbocycles. The molecule has 0 N–H and O–H groups in total. The van der Waals surface area contributed by atoms with Gasteiger partial charge in [-0.3, -0.25) is 0 Å². The van der Waals surface area contributed by atoms with Crippen molar-refractivity contribution in [3.05, 3.63) is 79.1 Å². The molecule has 25 heavy (non-hydrogen) atoms. The van der Waals surface area contributed by atoms with E-state index in [1.54, 1.807) is 0 Å². The highest BCUT2D eigenvalue weighted by atomic mass is 35.7. The van der Waals surface area contributed by atoms with Crippen LogP contribution in [-0.4, -0.2) is 0 Å². The van der Waals surface area contributed by atoms with Gasteiger partial charge in [-0.15, -0.1) is 10.2 Å². The van der Waals surface area contributed by atoms with Crippen molar-refractivity contribution in [3.63, 3.8) is 0 Å². The van der Waals surface area contributed by atoms with E-state index in [0.29, 0.717) is 0 Å². The fraction of sp³-hybridized carbons (Fsp3) is 0. The Hall–Kier alpha value is -2.54. The molecule has 5 nitrogen and oxygen atoms in total. The van der Waals surface area contributed by atoms with E-state index in [1.807, 2.05) is 30.5 Å². The largest absolute Gasteiger partial charge is 0.360 e. The first-order chi connectivity index (χ1) is 11.9. The van der Waals surface area contributed by atoms with Crippen LogP contribution in [0.25, 0.3) is 32.9 Å². The lowest BCUT2D eigenvalue weighted by Crippen LogP contribution is -2.68. The van der Waals surface area contributed by atoms with Crippen molar-refractivity contribution in [2.75, 3.05) is 0 Å². The van der Waals surface area contributed by atoms with Crippen LogP contribution in [0.15, 0.2) is 83.5 Å². The molecule has 0 saturated heterocycles. The molecule has 0 aliphatic heterocycles. The summed E-state index contributed by atoms with van der Waals surface area (Å²) < 4.78 is 39.8. The second-order valence-corrected chi connectivity index (χ2v) is 6.07. The summed E-state index contributed by atoms with van der Waals surface area (Å²) in [6, 6.07) is 25.1. The van der Waals surface area contributed by atoms with Crippen molar-refractivity contribution in [2.45, 2.75) is 0 Å². The summed E-state index contributed by atoms with van der Waals surface area (Å²) in [6.45, 7) is 0. The van der Waals surface area contributed by atoms with Crippen molar-refractivity contribution >= 4 is 21.7 Å². The molecule has 1 heterocycles. The van der Waals surface area contributed by atoms with Gasteiger partial charge in [0.1, 0.15) is 0 Å². The van der Waals surface area contributed by atoms with Gasteiger partial charge in [-0.1, -0.05) is 54.6 Å². The third-order valence-electron chi connectivity index (χ3n) is 3.61. The number of fused-ring (bicyclic) bond motifs is 2. The molecule has 0 amide bonds. The van der Waals surface area contributed by atoms with Crippen molar-refractivity contribution in [1.82, 2.24) is 0 Å². The molecule has 0 aliphatic carbocycles. The fourth-order valence-electron chi connectivity index (χ4n) is 2.56. The summed E-state index contributed by atoms with van der Waals surface area (Å²) >= 11 is 0. The Morgan fingerprint density at radius 2 is 1.16 bits per heavy atom. The lowest BCUT2D eigenvalue weighted by Gasteiger charge is -2.17. The van der Waals surface area contributed by atoms with Crippen LogP contribution in [0.1, 0.15) is 0 Å². The monoisotopic (exact) mass is 356 g/mol. The van der Waals surface area contributed by atoms with Gasteiger partial charge in [0.25, 0.3) is 0 Å². The molecule has 0 saturated carbocycles. The van der Waals surface area contributed by atoms with E-state index in [2.05, 4.69) is 48.5 Å². The van der Waals surface area contributed by atoms with Crippen LogP contribution in [0.2, 0.25) is 0 Å². The third-order valence-corrected chi connectivity index (χ3v) is 3.61. The second kappa shape index (κ2) is 7.14. The van der Waals surface area contributed by atoms with Gasteiger partial charge in [-0.2, -0.15) is 0 Å². The first-order valence-electron chi connectivity index (χ1n) is 7.32. The number of hydrogen-bond acceptors (Lipinski definition) is 4. The van der Waals surface area contributed by atoms with Crippen LogP contribution in [0, 0.1) is 10.2 Å². The van der Waals surface area contributed by atoms with E-state index in [0.717, 1.165) is 16.5 Å². The molecular weight excluding hydrogens is 344 g/mol. The molecule has 0 atom stereocenters. The zero-order chi connectivity index (χ0) is 17.9. The lowest BCUT2D eigenvalue weighted by atomic mass is 10.0. The van der Waals surface area contributed by atoms with Gasteiger partial charge in [0.15, 0.2) is 0 Å². The molecule has 0 radical (unpaired) electrons. The van der Waals surface area contributed by atoms with E-state index < -0.39 is 10.2 Å². The maximum atomic E-state index is 8.49. The summed E-state index contributed by atoms with van der Waals surface area (Å²) in [5.74, 6) is 0. The Kier molecular flexibility index (Phi) is 4.94. The Morgan fingerprint density at radius 3 is 1.80 bits per heavy atom. The molecule has 0 spiro atoms. The van der Waals surface area contributed by atoms with E-state index in [1.165, 1.54) is 16.3 Å². The Balaban J connectivity index is 0.000000324. The molecule has 0 aliphatic rings. The zero-order valence-corrected chi connectivity index (χ0v) is 13.7. The van der Waals surface area contributed by atoms with Gasteiger partial charge in [0.2, 0.25) is 0 Å². The molecule has 0 fully saturated rings. The molecule has 0 unspecified atom stereocenters. The maximum Gasteiger partial charge on any atom is 0.360 e. The van der Waals surface area contributed by atoms with Crippen LogP contribution in [0.4, 0.5) is 0 Å². The van der Waals surface area contributed by atoms with Crippen molar-refractivity contribution in [3.8, 4) is 11.1 Å². The summed E-state index contributed by atoms with van der Waals surface area (Å²) in [7, 11) is -4.94. The lowest BCUT2D eigenvalue weighted by molar-refractivity contribution is -2.00. The van der Waals surface area contributed by atoms with Gasteiger partial charge in [-0.25, -0.2) is 23.1 Å². The van der Waals surface area contributed by atoms with Crippen LogP contribution in [0.3, 0.4) is 0 Å². The highest BCUT2D eigenvalue weighted by Crippen LogP contribution is 2.27. The van der Waals surface area contributed by atoms with E-state index in [-0.39, 0.29) is 0 Å². The number of hydrogen-bond donors (Lipinski definition) is 0. The van der Waals surface area contributed by atoms with Gasteiger partial charge >= 0.3 is 11.8 Å². The van der Waals surface area contributed by atoms with Crippen molar-refractivity contribution < 1.29 is 33.3 Å². The maximum absolute atomic E-state index is 8.49. The average molecular weight is 357 g/mol. The number of rotatable bonds is 1. The van der Waals surface area contributed by atoms with Crippen LogP contribution in [0.5, 0.6) is 0 Å². The minimum Gasteiger partial charge on any atom is -0.222 e. The number of benzene rings is 3. The molecule has 4 aromatic rings. The molecule has 4 rings (SSSR count). The van der Waals surface area contributed by atoms with Crippen molar-refractivity contribution in [1.29, 1.82) is 0 Å². The van der Waals surface area contributed by atoms with E-state index in [4.69, 9.17) is 23.1 Å². The first-order valence-corrected chi connectivity index (χ1v) is 8.55. The summed E-state index contributed by atoms with van der Waals surface area (Å²) in [5, 5.41) is 3.57. The van der Waals surface area contributed by atoms with Gasteiger partial charge in [0.05, 0.1) is 17.0 Å². The normalized spacial score (nSPS) is 11.2. The SMILES string of the molecule is [O-][Cl+3]([O-])([O-])[O-].c1ccc(-c2c[o+]c3cc4ccccc4cc3c2)cc1. The standard InChI is InChI=1S/C19H13O.ClHO4/c1-2-6-14(7-3-1)18-11-17-10-15-8-4-5-9-16(15)12-19(17)20-13-18;2-1(3,4)5/h1-13H;(H,2,3,4,5)/q+1;/p-1. The Labute approximate surface area is 145 Å². The van der Waals surface area contributed by atoms with Gasteiger partial charge < -0.3 is 0 Å². The van der Waals surface area contributed by atoms with Crippen LogP contribution < -0.4 is 18.6 Å². The number of halogens is 1. The fourth-order valence-corrected chi connectivity index (χ4v) is 2.56. The van der Waals surface area contributed by atoms with Gasteiger partial charge in [-0.05, 0) is 28.5 Å². The third kappa shape index (κ3) is 4.73. The van der Waals surface area contributed by atoms with E-state index >= 15 is 0 Å². The van der Waals surface area contributed by atoms with Crippen molar-refractivity contribution in [2.24, 2.45) is 0 Å². The van der Waals surface area contributed by atoms with E-state index in [9.17, 15) is 0 Å². The van der Waals surface area contributed by atoms with Gasteiger partial charge in [0, 0.05) is 0 Å². The molecule has 6 heteroatoms. The summed E-state index contributed by atoms with van der Waals surface area (Å²) in [5.41, 5.74) is 3.20. The smallest absolute Gasteiger partial charge is 0.222 e. The summed E-state index contributed by atoms with van der Waals surface area (Å²) in [4.78, 5) is 0. The molecule has 0 bridgehead atoms. The second-order valence-electron chi connectivity index (χ2n) is 5.32. The predicted molar refractivity (Wildman–Crippen MR) is 83.6 cm³/mol. The quantitative estimate of drug-likeness (QED) is 0.370. The Morgan fingerprint density at radius 1 is 0.600 bits per heavy atom. The predicted octanol–water partition coefficient (Wildman–Crippen LogP) is 0.778. The zero-order valence-electron chi connectivity index (χ0n) is 12.9. The molecule has 126 valence electrons. The van der Waals surface area contributed by atoms with Crippen LogP contribution in [-0.2, 0) is 0 Å². The minimum absolute atomic E-state index is 0.920. The average Bonchev–Trinajstić information content (AvgIpc) is 2.59. The highest BCUT2D eigenvalue weighted by Gasteiger charge is 2.11. The first kappa shape index (κ1) is 17.3. The highest BCUT2D eigenvalue weighted by molar-refractivity contribution is 5.96. The molecular formula is C19H13ClO5. The summed E-state index contributed by atoms with van der Waals surface area (Å²) in [6.07, 6.45) is 1.83. The Bertz CT molecular complexity index is 991.